The van der Waals surface area contributed by atoms with Gasteiger partial charge in [0.15, 0.2) is 0 Å². The molecule has 1 N–H and O–H groups in total. The fraction of sp³-hybridized carbons (Fsp3) is 0.455. The summed E-state index contributed by atoms with van der Waals surface area (Å²) in [4.78, 5) is 20.9. The quantitative estimate of drug-likeness (QED) is 0.831. The Bertz CT molecular complexity index is 801. The Morgan fingerprint density at radius 1 is 1.18 bits per heavy atom. The van der Waals surface area contributed by atoms with Gasteiger partial charge < -0.3 is 15.1 Å². The molecule has 3 rings (SSSR count). The van der Waals surface area contributed by atoms with E-state index in [0.29, 0.717) is 38.0 Å². The lowest BCUT2D eigenvalue weighted by atomic mass is 9.92. The molecule has 1 aliphatic rings. The molecule has 1 aromatic heterocycles. The van der Waals surface area contributed by atoms with Gasteiger partial charge in [0.25, 0.3) is 5.91 Å². The van der Waals surface area contributed by atoms with Crippen LogP contribution in [0.15, 0.2) is 42.5 Å². The smallest absolute Gasteiger partial charge is 0.253 e. The summed E-state index contributed by atoms with van der Waals surface area (Å²) in [5.41, 5.74) is 1.39. The molecule has 150 valence electrons. The van der Waals surface area contributed by atoms with Crippen LogP contribution in [0.25, 0.3) is 0 Å². The maximum atomic E-state index is 15.2. The van der Waals surface area contributed by atoms with Crippen molar-refractivity contribution < 1.29 is 9.18 Å². The second-order valence-corrected chi connectivity index (χ2v) is 7.75. The van der Waals surface area contributed by atoms with Gasteiger partial charge in [-0.1, -0.05) is 24.3 Å². The molecular weight excluding hydrogens is 355 g/mol. The van der Waals surface area contributed by atoms with Crippen molar-refractivity contribution >= 4 is 11.7 Å². The van der Waals surface area contributed by atoms with Crippen LogP contribution >= 0.6 is 0 Å². The molecule has 6 heteroatoms. The van der Waals surface area contributed by atoms with Crippen LogP contribution in [-0.2, 0) is 6.54 Å². The summed E-state index contributed by atoms with van der Waals surface area (Å²) in [6, 6.07) is 13.2. The van der Waals surface area contributed by atoms with Gasteiger partial charge in [0, 0.05) is 58.7 Å². The van der Waals surface area contributed by atoms with Crippen LogP contribution in [0, 0.1) is 6.92 Å². The number of amides is 1. The molecule has 0 unspecified atom stereocenters. The van der Waals surface area contributed by atoms with Crippen molar-refractivity contribution in [3.8, 4) is 0 Å². The Kier molecular flexibility index (Phi) is 6.29. The van der Waals surface area contributed by atoms with Crippen LogP contribution in [0.3, 0.4) is 0 Å². The first-order valence-electron chi connectivity index (χ1n) is 9.76. The lowest BCUT2D eigenvalue weighted by Crippen LogP contribution is -2.48. The first-order valence-corrected chi connectivity index (χ1v) is 9.76. The number of likely N-dealkylation sites (tertiary alicyclic amines) is 1. The molecule has 0 aliphatic carbocycles. The average Bonchev–Trinajstić information content (AvgIpc) is 2.70. The molecule has 1 amide bonds. The largest absolute Gasteiger partial charge is 0.363 e. The Morgan fingerprint density at radius 2 is 1.86 bits per heavy atom. The van der Waals surface area contributed by atoms with Crippen molar-refractivity contribution in [1.82, 2.24) is 15.2 Å². The number of rotatable bonds is 6. The van der Waals surface area contributed by atoms with Crippen molar-refractivity contribution in [3.05, 3.63) is 59.3 Å². The number of aryl methyl sites for hydroxylation is 1. The first-order chi connectivity index (χ1) is 13.4. The molecule has 0 spiro atoms. The van der Waals surface area contributed by atoms with Gasteiger partial charge in [0.2, 0.25) is 0 Å². The van der Waals surface area contributed by atoms with Gasteiger partial charge in [0.1, 0.15) is 11.5 Å². The predicted octanol–water partition coefficient (Wildman–Crippen LogP) is 3.19. The third-order valence-electron chi connectivity index (χ3n) is 5.27. The average molecular weight is 384 g/mol. The molecule has 5 nitrogen and oxygen atoms in total. The number of piperidine rings is 1. The highest BCUT2D eigenvalue weighted by Gasteiger charge is 2.35. The Morgan fingerprint density at radius 3 is 2.50 bits per heavy atom. The lowest BCUT2D eigenvalue weighted by Gasteiger charge is -2.36. The molecule has 1 aromatic carbocycles. The number of hydrogen-bond acceptors (Lipinski definition) is 4. The maximum absolute atomic E-state index is 15.2. The number of halogens is 1. The molecule has 0 atom stereocenters. The van der Waals surface area contributed by atoms with E-state index in [0.717, 1.165) is 17.1 Å². The molecule has 1 saturated heterocycles. The molecular formula is C22H29FN4O. The minimum Gasteiger partial charge on any atom is -0.363 e. The van der Waals surface area contributed by atoms with E-state index < -0.39 is 5.67 Å². The van der Waals surface area contributed by atoms with Gasteiger partial charge in [-0.3, -0.25) is 4.79 Å². The van der Waals surface area contributed by atoms with Gasteiger partial charge in [-0.2, -0.15) is 0 Å². The lowest BCUT2D eigenvalue weighted by molar-refractivity contribution is 0.0434. The second-order valence-electron chi connectivity index (χ2n) is 7.75. The molecule has 0 radical (unpaired) electrons. The van der Waals surface area contributed by atoms with Gasteiger partial charge in [-0.05, 0) is 30.7 Å². The van der Waals surface area contributed by atoms with Crippen LogP contribution in [0.2, 0.25) is 0 Å². The van der Waals surface area contributed by atoms with Crippen LogP contribution in [-0.4, -0.2) is 55.2 Å². The van der Waals surface area contributed by atoms with Crippen molar-refractivity contribution in [1.29, 1.82) is 0 Å². The number of carbonyl (C=O) groups is 1. The predicted molar refractivity (Wildman–Crippen MR) is 110 cm³/mol. The van der Waals surface area contributed by atoms with E-state index in [2.05, 4.69) is 10.3 Å². The minimum absolute atomic E-state index is 0.0179. The summed E-state index contributed by atoms with van der Waals surface area (Å²) in [6.45, 7) is 3.71. The third kappa shape index (κ3) is 4.87. The fourth-order valence-electron chi connectivity index (χ4n) is 3.57. The highest BCUT2D eigenvalue weighted by atomic mass is 19.1. The number of carbonyl (C=O) groups excluding carboxylic acids is 1. The van der Waals surface area contributed by atoms with E-state index in [1.807, 2.05) is 56.3 Å². The molecule has 28 heavy (non-hydrogen) atoms. The number of benzene rings is 1. The van der Waals surface area contributed by atoms with Gasteiger partial charge in [-0.15, -0.1) is 0 Å². The van der Waals surface area contributed by atoms with Gasteiger partial charge >= 0.3 is 0 Å². The van der Waals surface area contributed by atoms with Crippen LogP contribution in [0.4, 0.5) is 10.2 Å². The summed E-state index contributed by atoms with van der Waals surface area (Å²) >= 11 is 0. The number of alkyl halides is 1. The summed E-state index contributed by atoms with van der Waals surface area (Å²) in [5.74, 6) is 0.915. The maximum Gasteiger partial charge on any atom is 0.253 e. The molecule has 0 bridgehead atoms. The van der Waals surface area contributed by atoms with E-state index in [1.54, 1.807) is 17.0 Å². The van der Waals surface area contributed by atoms with Gasteiger partial charge in [-0.25, -0.2) is 9.37 Å². The Balaban J connectivity index is 1.50. The molecule has 2 aromatic rings. The molecule has 1 fully saturated rings. The fourth-order valence-corrected chi connectivity index (χ4v) is 3.57. The number of nitrogens with zero attached hydrogens (tertiary/aromatic N) is 3. The number of nitrogens with one attached hydrogen (secondary N) is 1. The summed E-state index contributed by atoms with van der Waals surface area (Å²) < 4.78 is 15.2. The molecule has 2 heterocycles. The van der Waals surface area contributed by atoms with E-state index in [1.165, 1.54) is 0 Å². The zero-order valence-corrected chi connectivity index (χ0v) is 16.9. The Hall–Kier alpha value is -2.47. The minimum atomic E-state index is -1.29. The number of anilines is 1. The van der Waals surface area contributed by atoms with Crippen LogP contribution in [0.1, 0.15) is 34.5 Å². The standard InChI is InChI=1S/C22H29FN4O/c1-17-9-10-19(25-20(17)26(2)3)15-24-16-22(23)11-13-27(14-12-22)21(28)18-7-5-4-6-8-18/h4-10,24H,11-16H2,1-3H3. The van der Waals surface area contributed by atoms with E-state index in [-0.39, 0.29) is 12.5 Å². The van der Waals surface area contributed by atoms with Crippen molar-refractivity contribution in [3.63, 3.8) is 0 Å². The van der Waals surface area contributed by atoms with Crippen molar-refractivity contribution in [2.45, 2.75) is 32.0 Å². The zero-order chi connectivity index (χ0) is 20.1. The summed E-state index contributed by atoms with van der Waals surface area (Å²) in [6.07, 6.45) is 0.700. The van der Waals surface area contributed by atoms with Crippen molar-refractivity contribution in [2.75, 3.05) is 38.6 Å². The normalized spacial score (nSPS) is 16.1. The third-order valence-corrected chi connectivity index (χ3v) is 5.27. The topological polar surface area (TPSA) is 48.5 Å². The highest BCUT2D eigenvalue weighted by Crippen LogP contribution is 2.27. The summed E-state index contributed by atoms with van der Waals surface area (Å²) in [5, 5.41) is 3.21. The van der Waals surface area contributed by atoms with Crippen LogP contribution < -0.4 is 10.2 Å². The summed E-state index contributed by atoms with van der Waals surface area (Å²) in [7, 11) is 3.93. The first kappa shape index (κ1) is 20.3. The Labute approximate surface area is 166 Å². The number of aromatic nitrogens is 1. The van der Waals surface area contributed by atoms with Crippen LogP contribution in [0.5, 0.6) is 0 Å². The zero-order valence-electron chi connectivity index (χ0n) is 16.9. The number of pyridine rings is 1. The van der Waals surface area contributed by atoms with E-state index >= 15 is 4.39 Å². The van der Waals surface area contributed by atoms with Gasteiger partial charge in [0.05, 0.1) is 5.69 Å². The number of hydrogen-bond donors (Lipinski definition) is 1. The van der Waals surface area contributed by atoms with E-state index in [9.17, 15) is 4.79 Å². The molecule has 0 saturated carbocycles. The SMILES string of the molecule is Cc1ccc(CNCC2(F)CCN(C(=O)c3ccccc3)CC2)nc1N(C)C. The molecule has 1 aliphatic heterocycles. The second kappa shape index (κ2) is 8.69. The highest BCUT2D eigenvalue weighted by molar-refractivity contribution is 5.94. The monoisotopic (exact) mass is 384 g/mol. The van der Waals surface area contributed by atoms with E-state index in [4.69, 9.17) is 0 Å². The van der Waals surface area contributed by atoms with Crippen molar-refractivity contribution in [2.24, 2.45) is 0 Å².